The van der Waals surface area contributed by atoms with Crippen LogP contribution in [0, 0.1) is 0 Å². The number of fused-ring (bicyclic) bond motifs is 2. The number of benzene rings is 2. The van der Waals surface area contributed by atoms with Crippen molar-refractivity contribution in [1.29, 1.82) is 0 Å². The molecule has 0 aliphatic carbocycles. The quantitative estimate of drug-likeness (QED) is 0.890. The second kappa shape index (κ2) is 7.60. The van der Waals surface area contributed by atoms with Gasteiger partial charge in [-0.25, -0.2) is 0 Å². The van der Waals surface area contributed by atoms with E-state index in [2.05, 4.69) is 64.1 Å². The van der Waals surface area contributed by atoms with Gasteiger partial charge in [0.15, 0.2) is 0 Å². The molecule has 0 radical (unpaired) electrons. The fourth-order valence-corrected chi connectivity index (χ4v) is 4.66. The third-order valence-electron chi connectivity index (χ3n) is 4.82. The van der Waals surface area contributed by atoms with Gasteiger partial charge in [-0.05, 0) is 29.7 Å². The van der Waals surface area contributed by atoms with Gasteiger partial charge in [0, 0.05) is 36.0 Å². The van der Waals surface area contributed by atoms with Gasteiger partial charge in [0.1, 0.15) is 0 Å². The van der Waals surface area contributed by atoms with Crippen LogP contribution in [0.3, 0.4) is 0 Å². The topological polar surface area (TPSA) is 44.4 Å². The van der Waals surface area contributed by atoms with Crippen molar-refractivity contribution in [1.82, 2.24) is 15.5 Å². The van der Waals surface area contributed by atoms with Gasteiger partial charge in [-0.15, -0.1) is 0 Å². The summed E-state index contributed by atoms with van der Waals surface area (Å²) in [5, 5.41) is 6.61. The molecule has 2 aromatic carbocycles. The SMILES string of the molecule is O=C(CN1CCNCC1)N[C@H]1Cc2ccccc2Sc2ccccc21. The molecule has 1 amide bonds. The van der Waals surface area contributed by atoms with Gasteiger partial charge < -0.3 is 10.6 Å². The molecule has 2 aliphatic rings. The van der Waals surface area contributed by atoms with Crippen LogP contribution in [0.5, 0.6) is 0 Å². The maximum Gasteiger partial charge on any atom is 0.234 e. The molecule has 1 fully saturated rings. The normalized spacial score (nSPS) is 20.2. The Bertz CT molecular complexity index is 758. The van der Waals surface area contributed by atoms with E-state index in [0.29, 0.717) is 6.54 Å². The number of carbonyl (C=O) groups excluding carboxylic acids is 1. The van der Waals surface area contributed by atoms with Crippen LogP contribution in [0.25, 0.3) is 0 Å². The molecule has 130 valence electrons. The molecule has 0 spiro atoms. The van der Waals surface area contributed by atoms with E-state index >= 15 is 0 Å². The minimum absolute atomic E-state index is 0.0303. The molecule has 2 N–H and O–H groups in total. The summed E-state index contributed by atoms with van der Waals surface area (Å²) < 4.78 is 0. The summed E-state index contributed by atoms with van der Waals surface area (Å²) in [7, 11) is 0. The number of nitrogens with one attached hydrogen (secondary N) is 2. The summed E-state index contributed by atoms with van der Waals surface area (Å²) in [6.07, 6.45) is 0.841. The van der Waals surface area contributed by atoms with Crippen LogP contribution in [0.15, 0.2) is 58.3 Å². The molecule has 4 nitrogen and oxygen atoms in total. The molecule has 25 heavy (non-hydrogen) atoms. The fraction of sp³-hybridized carbons (Fsp3) is 0.350. The number of nitrogens with zero attached hydrogens (tertiary/aromatic N) is 1. The third-order valence-corrected chi connectivity index (χ3v) is 6.03. The lowest BCUT2D eigenvalue weighted by Gasteiger charge is -2.27. The molecule has 0 unspecified atom stereocenters. The molecule has 5 heteroatoms. The van der Waals surface area contributed by atoms with Crippen LogP contribution < -0.4 is 10.6 Å². The highest BCUT2D eigenvalue weighted by atomic mass is 32.2. The van der Waals surface area contributed by atoms with Crippen LogP contribution in [0.2, 0.25) is 0 Å². The molecule has 2 aliphatic heterocycles. The highest BCUT2D eigenvalue weighted by Gasteiger charge is 2.24. The average molecular weight is 353 g/mol. The van der Waals surface area contributed by atoms with Crippen molar-refractivity contribution in [2.24, 2.45) is 0 Å². The van der Waals surface area contributed by atoms with Crippen molar-refractivity contribution < 1.29 is 4.79 Å². The fourth-order valence-electron chi connectivity index (χ4n) is 3.52. The summed E-state index contributed by atoms with van der Waals surface area (Å²) in [5.41, 5.74) is 2.52. The van der Waals surface area contributed by atoms with Crippen molar-refractivity contribution in [2.45, 2.75) is 22.3 Å². The lowest BCUT2D eigenvalue weighted by molar-refractivity contribution is -0.123. The first-order valence-electron chi connectivity index (χ1n) is 8.87. The first-order chi connectivity index (χ1) is 12.3. The van der Waals surface area contributed by atoms with Crippen LogP contribution in [0.1, 0.15) is 17.2 Å². The number of hydrogen-bond acceptors (Lipinski definition) is 4. The zero-order valence-electron chi connectivity index (χ0n) is 14.2. The predicted octanol–water partition coefficient (Wildman–Crippen LogP) is 2.46. The molecule has 2 aromatic rings. The van der Waals surface area contributed by atoms with Crippen molar-refractivity contribution in [2.75, 3.05) is 32.7 Å². The number of rotatable bonds is 3. The smallest absolute Gasteiger partial charge is 0.234 e. The Hall–Kier alpha value is -1.82. The molecule has 1 atom stereocenters. The standard InChI is InChI=1S/C20H23N3OS/c24-20(14-23-11-9-21-10-12-23)22-17-13-15-5-1-3-7-18(15)25-19-8-4-2-6-16(17)19/h1-8,17,21H,9-14H2,(H,22,24)/t17-/m0/s1. The van der Waals surface area contributed by atoms with E-state index < -0.39 is 0 Å². The van der Waals surface area contributed by atoms with Crippen molar-refractivity contribution in [3.05, 3.63) is 59.7 Å². The molecule has 4 rings (SSSR count). The van der Waals surface area contributed by atoms with E-state index in [4.69, 9.17) is 0 Å². The number of carbonyl (C=O) groups is 1. The van der Waals surface area contributed by atoms with Crippen molar-refractivity contribution in [3.63, 3.8) is 0 Å². The number of hydrogen-bond donors (Lipinski definition) is 2. The lowest BCUT2D eigenvalue weighted by atomic mass is 9.99. The van der Waals surface area contributed by atoms with Crippen LogP contribution >= 0.6 is 11.8 Å². The minimum atomic E-state index is 0.0303. The molecule has 0 saturated carbocycles. The second-order valence-corrected chi connectivity index (χ2v) is 7.68. The van der Waals surface area contributed by atoms with E-state index in [1.807, 2.05) is 0 Å². The molecular weight excluding hydrogens is 330 g/mol. The summed E-state index contributed by atoms with van der Waals surface area (Å²) in [6.45, 7) is 4.28. The Balaban J connectivity index is 1.54. The van der Waals surface area contributed by atoms with Gasteiger partial charge in [-0.3, -0.25) is 9.69 Å². The maximum atomic E-state index is 12.6. The molecule has 2 heterocycles. The van der Waals surface area contributed by atoms with Gasteiger partial charge in [0.2, 0.25) is 5.91 Å². The van der Waals surface area contributed by atoms with E-state index in [-0.39, 0.29) is 11.9 Å². The van der Waals surface area contributed by atoms with Crippen molar-refractivity contribution >= 4 is 17.7 Å². The van der Waals surface area contributed by atoms with Gasteiger partial charge in [-0.1, -0.05) is 48.2 Å². The van der Waals surface area contributed by atoms with Gasteiger partial charge >= 0.3 is 0 Å². The largest absolute Gasteiger partial charge is 0.348 e. The van der Waals surface area contributed by atoms with Gasteiger partial charge in [0.25, 0.3) is 0 Å². The molecule has 1 saturated heterocycles. The lowest BCUT2D eigenvalue weighted by Crippen LogP contribution is -2.48. The zero-order valence-corrected chi connectivity index (χ0v) is 15.0. The Morgan fingerprint density at radius 1 is 1.08 bits per heavy atom. The van der Waals surface area contributed by atoms with Crippen LogP contribution in [-0.4, -0.2) is 43.5 Å². The Labute approximate surface area is 153 Å². The number of piperazine rings is 1. The molecular formula is C20H23N3OS. The monoisotopic (exact) mass is 353 g/mol. The maximum absolute atomic E-state index is 12.6. The average Bonchev–Trinajstić information content (AvgIpc) is 2.79. The zero-order chi connectivity index (χ0) is 17.1. The van der Waals surface area contributed by atoms with E-state index in [0.717, 1.165) is 32.6 Å². The first kappa shape index (κ1) is 16.6. The summed E-state index contributed by atoms with van der Waals surface area (Å²) in [4.78, 5) is 17.4. The Morgan fingerprint density at radius 2 is 1.80 bits per heavy atom. The van der Waals surface area contributed by atoms with E-state index in [9.17, 15) is 4.79 Å². The van der Waals surface area contributed by atoms with Crippen molar-refractivity contribution in [3.8, 4) is 0 Å². The summed E-state index contributed by atoms with van der Waals surface area (Å²) >= 11 is 1.80. The highest BCUT2D eigenvalue weighted by Crippen LogP contribution is 2.40. The number of amides is 1. The van der Waals surface area contributed by atoms with Gasteiger partial charge in [0.05, 0.1) is 12.6 Å². The van der Waals surface area contributed by atoms with E-state index in [1.165, 1.54) is 20.9 Å². The van der Waals surface area contributed by atoms with Gasteiger partial charge in [-0.2, -0.15) is 0 Å². The third kappa shape index (κ3) is 3.89. The Kier molecular flexibility index (Phi) is 5.06. The highest BCUT2D eigenvalue weighted by molar-refractivity contribution is 7.99. The first-order valence-corrected chi connectivity index (χ1v) is 9.68. The van der Waals surface area contributed by atoms with E-state index in [1.54, 1.807) is 11.8 Å². The van der Waals surface area contributed by atoms with Crippen LogP contribution in [-0.2, 0) is 11.2 Å². The second-order valence-electron chi connectivity index (χ2n) is 6.60. The van der Waals surface area contributed by atoms with Crippen LogP contribution in [0.4, 0.5) is 0 Å². The molecule has 0 bridgehead atoms. The molecule has 0 aromatic heterocycles. The Morgan fingerprint density at radius 3 is 2.64 bits per heavy atom. The predicted molar refractivity (Wildman–Crippen MR) is 101 cm³/mol. The minimum Gasteiger partial charge on any atom is -0.348 e. The summed E-state index contributed by atoms with van der Waals surface area (Å²) in [5.74, 6) is 0.117. The summed E-state index contributed by atoms with van der Waals surface area (Å²) in [6, 6.07) is 17.0.